The van der Waals surface area contributed by atoms with Crippen molar-refractivity contribution in [1.82, 2.24) is 5.32 Å². The average Bonchev–Trinajstić information content (AvgIpc) is 2.44. The molecule has 1 fully saturated rings. The highest BCUT2D eigenvalue weighted by Gasteiger charge is 2.32. The van der Waals surface area contributed by atoms with Crippen LogP contribution in [0.3, 0.4) is 0 Å². The zero-order valence-electron chi connectivity index (χ0n) is 13.4. The molecule has 2 rings (SSSR count). The summed E-state index contributed by atoms with van der Waals surface area (Å²) in [6.07, 6.45) is 6.24. The predicted molar refractivity (Wildman–Crippen MR) is 93.2 cm³/mol. The van der Waals surface area contributed by atoms with Crippen LogP contribution in [0.1, 0.15) is 64.5 Å². The fraction of sp³-hybridized carbons (Fsp3) is 0.667. The van der Waals surface area contributed by atoms with Crippen molar-refractivity contribution in [3.63, 3.8) is 0 Å². The van der Waals surface area contributed by atoms with Gasteiger partial charge in [-0.2, -0.15) is 0 Å². The van der Waals surface area contributed by atoms with Crippen LogP contribution in [0.5, 0.6) is 0 Å². The summed E-state index contributed by atoms with van der Waals surface area (Å²) < 4.78 is 0. The molecular formula is C18H27Cl2N. The molecule has 1 unspecified atom stereocenters. The second-order valence-electron chi connectivity index (χ2n) is 7.10. The van der Waals surface area contributed by atoms with Gasteiger partial charge in [-0.1, -0.05) is 44.0 Å². The maximum Gasteiger partial charge on any atom is 0.0454 e. The molecule has 1 aliphatic carbocycles. The Morgan fingerprint density at radius 2 is 1.90 bits per heavy atom. The molecule has 1 aromatic rings. The number of benzene rings is 1. The molecule has 0 spiro atoms. The van der Waals surface area contributed by atoms with E-state index in [1.807, 2.05) is 18.2 Å². The van der Waals surface area contributed by atoms with Crippen molar-refractivity contribution in [3.05, 3.63) is 33.8 Å². The second kappa shape index (κ2) is 7.35. The van der Waals surface area contributed by atoms with Gasteiger partial charge < -0.3 is 5.32 Å². The summed E-state index contributed by atoms with van der Waals surface area (Å²) >= 11 is 12.6. The van der Waals surface area contributed by atoms with E-state index in [2.05, 4.69) is 26.1 Å². The first kappa shape index (κ1) is 17.1. The zero-order chi connectivity index (χ0) is 15.5. The van der Waals surface area contributed by atoms with Crippen LogP contribution in [-0.4, -0.2) is 6.54 Å². The van der Waals surface area contributed by atoms with Crippen molar-refractivity contribution in [1.29, 1.82) is 0 Å². The van der Waals surface area contributed by atoms with E-state index in [0.717, 1.165) is 23.0 Å². The Kier molecular flexibility index (Phi) is 5.99. The van der Waals surface area contributed by atoms with E-state index < -0.39 is 0 Å². The van der Waals surface area contributed by atoms with Gasteiger partial charge in [-0.25, -0.2) is 0 Å². The summed E-state index contributed by atoms with van der Waals surface area (Å²) in [6.45, 7) is 7.98. The van der Waals surface area contributed by atoms with Crippen molar-refractivity contribution in [3.8, 4) is 0 Å². The summed E-state index contributed by atoms with van der Waals surface area (Å²) in [7, 11) is 0. The topological polar surface area (TPSA) is 12.0 Å². The van der Waals surface area contributed by atoms with Crippen molar-refractivity contribution in [2.24, 2.45) is 11.3 Å². The highest BCUT2D eigenvalue weighted by atomic mass is 35.5. The van der Waals surface area contributed by atoms with Gasteiger partial charge >= 0.3 is 0 Å². The van der Waals surface area contributed by atoms with Crippen LogP contribution in [-0.2, 0) is 0 Å². The largest absolute Gasteiger partial charge is 0.310 e. The summed E-state index contributed by atoms with van der Waals surface area (Å²) in [5.41, 5.74) is 1.66. The molecule has 1 nitrogen and oxygen atoms in total. The monoisotopic (exact) mass is 327 g/mol. The van der Waals surface area contributed by atoms with E-state index in [9.17, 15) is 0 Å². The van der Waals surface area contributed by atoms with Crippen LogP contribution in [0.2, 0.25) is 10.0 Å². The van der Waals surface area contributed by atoms with Crippen LogP contribution in [0.25, 0.3) is 0 Å². The molecule has 1 atom stereocenters. The number of nitrogens with one attached hydrogen (secondary N) is 1. The molecule has 21 heavy (non-hydrogen) atoms. The minimum Gasteiger partial charge on any atom is -0.310 e. The number of rotatable bonds is 5. The van der Waals surface area contributed by atoms with Crippen molar-refractivity contribution < 1.29 is 0 Å². The van der Waals surface area contributed by atoms with Gasteiger partial charge in [0.1, 0.15) is 0 Å². The molecule has 0 radical (unpaired) electrons. The van der Waals surface area contributed by atoms with E-state index in [0.29, 0.717) is 17.4 Å². The number of halogens is 2. The minimum atomic E-state index is 0.326. The van der Waals surface area contributed by atoms with Gasteiger partial charge in [-0.05, 0) is 73.7 Å². The lowest BCUT2D eigenvalue weighted by Gasteiger charge is -2.39. The lowest BCUT2D eigenvalue weighted by Crippen LogP contribution is -2.33. The molecule has 1 aromatic carbocycles. The first-order chi connectivity index (χ1) is 9.93. The van der Waals surface area contributed by atoms with Crippen molar-refractivity contribution in [2.45, 2.75) is 58.9 Å². The molecular weight excluding hydrogens is 301 g/mol. The highest BCUT2D eigenvalue weighted by Crippen LogP contribution is 2.44. The Morgan fingerprint density at radius 1 is 1.24 bits per heavy atom. The molecule has 1 aliphatic rings. The highest BCUT2D eigenvalue weighted by molar-refractivity contribution is 6.33. The van der Waals surface area contributed by atoms with E-state index >= 15 is 0 Å². The number of hydrogen-bond acceptors (Lipinski definition) is 1. The first-order valence-corrected chi connectivity index (χ1v) is 8.87. The van der Waals surface area contributed by atoms with Gasteiger partial charge in [-0.15, -0.1) is 0 Å². The summed E-state index contributed by atoms with van der Waals surface area (Å²) in [6, 6.07) is 6.16. The zero-order valence-corrected chi connectivity index (χ0v) is 14.9. The molecule has 0 amide bonds. The Labute approximate surface area is 139 Å². The molecule has 3 heteroatoms. The van der Waals surface area contributed by atoms with Gasteiger partial charge in [0.15, 0.2) is 0 Å². The van der Waals surface area contributed by atoms with Crippen LogP contribution in [0, 0.1) is 11.3 Å². The lowest BCUT2D eigenvalue weighted by molar-refractivity contribution is 0.161. The predicted octanol–water partition coefficient (Wildman–Crippen LogP) is 6.25. The molecule has 0 bridgehead atoms. The summed E-state index contributed by atoms with van der Waals surface area (Å²) in [5, 5.41) is 5.31. The quantitative estimate of drug-likeness (QED) is 0.673. The Balaban J connectivity index is 2.20. The first-order valence-electron chi connectivity index (χ1n) is 8.11. The van der Waals surface area contributed by atoms with Gasteiger partial charge in [0, 0.05) is 16.1 Å². The molecule has 0 aliphatic heterocycles. The van der Waals surface area contributed by atoms with Crippen LogP contribution < -0.4 is 5.32 Å². The molecule has 0 saturated heterocycles. The van der Waals surface area contributed by atoms with E-state index in [1.54, 1.807) is 0 Å². The molecule has 1 saturated carbocycles. The minimum absolute atomic E-state index is 0.326. The third kappa shape index (κ3) is 4.61. The van der Waals surface area contributed by atoms with E-state index in [-0.39, 0.29) is 0 Å². The normalized spacial score (nSPS) is 20.4. The standard InChI is InChI=1S/C18H27Cl2N/c1-4-11-21-17(13-7-9-18(2,3)10-8-13)15-12-14(19)5-6-16(15)20/h5-6,12-13,17,21H,4,7-11H2,1-3H3. The van der Waals surface area contributed by atoms with Crippen molar-refractivity contribution in [2.75, 3.05) is 6.54 Å². The van der Waals surface area contributed by atoms with Gasteiger partial charge in [0.2, 0.25) is 0 Å². The summed E-state index contributed by atoms with van der Waals surface area (Å²) in [5.74, 6) is 0.653. The maximum absolute atomic E-state index is 6.45. The average molecular weight is 328 g/mol. The number of hydrogen-bond donors (Lipinski definition) is 1. The maximum atomic E-state index is 6.45. The smallest absolute Gasteiger partial charge is 0.0454 e. The SMILES string of the molecule is CCCNC(c1cc(Cl)ccc1Cl)C1CCC(C)(C)CC1. The third-order valence-corrected chi connectivity index (χ3v) is 5.34. The van der Waals surface area contributed by atoms with Gasteiger partial charge in [0.25, 0.3) is 0 Å². The van der Waals surface area contributed by atoms with E-state index in [4.69, 9.17) is 23.2 Å². The second-order valence-corrected chi connectivity index (χ2v) is 7.94. The molecule has 0 aromatic heterocycles. The Bertz CT molecular complexity index is 460. The summed E-state index contributed by atoms with van der Waals surface area (Å²) in [4.78, 5) is 0. The Hall–Kier alpha value is -0.240. The van der Waals surface area contributed by atoms with E-state index in [1.165, 1.54) is 31.2 Å². The fourth-order valence-electron chi connectivity index (χ4n) is 3.34. The molecule has 118 valence electrons. The van der Waals surface area contributed by atoms with Crippen LogP contribution in [0.15, 0.2) is 18.2 Å². The van der Waals surface area contributed by atoms with Gasteiger partial charge in [0.05, 0.1) is 0 Å². The van der Waals surface area contributed by atoms with Crippen molar-refractivity contribution >= 4 is 23.2 Å². The molecule has 0 heterocycles. The Morgan fingerprint density at radius 3 is 2.52 bits per heavy atom. The third-order valence-electron chi connectivity index (χ3n) is 4.76. The van der Waals surface area contributed by atoms with Gasteiger partial charge in [-0.3, -0.25) is 0 Å². The van der Waals surface area contributed by atoms with Crippen LogP contribution in [0.4, 0.5) is 0 Å². The van der Waals surface area contributed by atoms with Crippen LogP contribution >= 0.6 is 23.2 Å². The lowest BCUT2D eigenvalue weighted by atomic mass is 9.70. The molecule has 1 N–H and O–H groups in total. The fourth-order valence-corrected chi connectivity index (χ4v) is 3.75.